The van der Waals surface area contributed by atoms with Gasteiger partial charge in [-0.25, -0.2) is 0 Å². The fourth-order valence-electron chi connectivity index (χ4n) is 1.56. The maximum atomic E-state index is 12.0. The molecule has 1 aromatic carbocycles. The Morgan fingerprint density at radius 3 is 2.94 bits per heavy atom. The molecule has 0 heterocycles. The number of nitrogens with one attached hydrogen (secondary N) is 1. The summed E-state index contributed by atoms with van der Waals surface area (Å²) in [5.74, 6) is 0.814. The van der Waals surface area contributed by atoms with Gasteiger partial charge in [0.2, 0.25) is 0 Å². The lowest BCUT2D eigenvalue weighted by Gasteiger charge is -2.10. The van der Waals surface area contributed by atoms with E-state index in [1.54, 1.807) is 0 Å². The molecule has 0 radical (unpaired) electrons. The topological polar surface area (TPSA) is 21.3 Å². The highest BCUT2D eigenvalue weighted by molar-refractivity contribution is 9.10. The van der Waals surface area contributed by atoms with Crippen molar-refractivity contribution in [3.63, 3.8) is 0 Å². The molecule has 1 saturated carbocycles. The second-order valence-electron chi connectivity index (χ2n) is 4.30. The molecule has 1 fully saturated rings. The van der Waals surface area contributed by atoms with Crippen molar-refractivity contribution in [1.29, 1.82) is 0 Å². The average Bonchev–Trinajstić information content (AvgIpc) is 3.14. The van der Waals surface area contributed by atoms with Crippen LogP contribution in [0.25, 0.3) is 0 Å². The standard InChI is InChI=1S/C13H17BrFNO/c14-13-5-4-12(17-7-1-6-15)8-10(13)9-16-11-2-3-11/h4-5,8,11,16H,1-3,6-7,9H2. The quantitative estimate of drug-likeness (QED) is 0.779. The fourth-order valence-corrected chi connectivity index (χ4v) is 1.95. The van der Waals surface area contributed by atoms with Gasteiger partial charge in [-0.05, 0) is 36.6 Å². The molecule has 0 aliphatic heterocycles. The maximum absolute atomic E-state index is 12.0. The van der Waals surface area contributed by atoms with Gasteiger partial charge in [-0.15, -0.1) is 0 Å². The van der Waals surface area contributed by atoms with Crippen LogP contribution in [0.3, 0.4) is 0 Å². The Kier molecular flexibility index (Phi) is 4.80. The van der Waals surface area contributed by atoms with Crippen molar-refractivity contribution >= 4 is 15.9 Å². The lowest BCUT2D eigenvalue weighted by atomic mass is 10.2. The Morgan fingerprint density at radius 2 is 2.24 bits per heavy atom. The number of rotatable bonds is 7. The van der Waals surface area contributed by atoms with Crippen LogP contribution < -0.4 is 10.1 Å². The highest BCUT2D eigenvalue weighted by Gasteiger charge is 2.20. The van der Waals surface area contributed by atoms with E-state index in [2.05, 4.69) is 21.2 Å². The monoisotopic (exact) mass is 301 g/mol. The molecule has 0 unspecified atom stereocenters. The Hall–Kier alpha value is -0.610. The van der Waals surface area contributed by atoms with Gasteiger partial charge >= 0.3 is 0 Å². The summed E-state index contributed by atoms with van der Waals surface area (Å²) >= 11 is 3.53. The zero-order valence-corrected chi connectivity index (χ0v) is 11.3. The summed E-state index contributed by atoms with van der Waals surface area (Å²) in [7, 11) is 0. The minimum atomic E-state index is -0.327. The number of benzene rings is 1. The molecule has 0 bridgehead atoms. The molecule has 4 heteroatoms. The van der Waals surface area contributed by atoms with Gasteiger partial charge in [0, 0.05) is 23.5 Å². The van der Waals surface area contributed by atoms with E-state index in [-0.39, 0.29) is 6.67 Å². The third kappa shape index (κ3) is 4.28. The molecule has 0 atom stereocenters. The van der Waals surface area contributed by atoms with Crippen LogP contribution in [0, 0.1) is 0 Å². The second kappa shape index (κ2) is 6.36. The van der Waals surface area contributed by atoms with Gasteiger partial charge in [0.15, 0.2) is 0 Å². The Bertz CT molecular complexity index is 368. The highest BCUT2D eigenvalue weighted by Crippen LogP contribution is 2.25. The molecule has 0 saturated heterocycles. The lowest BCUT2D eigenvalue weighted by molar-refractivity contribution is 0.289. The van der Waals surface area contributed by atoms with E-state index in [1.165, 1.54) is 18.4 Å². The summed E-state index contributed by atoms with van der Waals surface area (Å²) in [5.41, 5.74) is 1.19. The van der Waals surface area contributed by atoms with E-state index in [0.717, 1.165) is 16.8 Å². The van der Waals surface area contributed by atoms with Crippen molar-refractivity contribution in [2.75, 3.05) is 13.3 Å². The smallest absolute Gasteiger partial charge is 0.119 e. The summed E-state index contributed by atoms with van der Waals surface area (Å²) in [4.78, 5) is 0. The number of ether oxygens (including phenoxy) is 1. The Balaban J connectivity index is 1.90. The zero-order valence-electron chi connectivity index (χ0n) is 9.72. The minimum absolute atomic E-state index is 0.327. The van der Waals surface area contributed by atoms with E-state index >= 15 is 0 Å². The minimum Gasteiger partial charge on any atom is -0.493 e. The first-order valence-electron chi connectivity index (χ1n) is 6.00. The van der Waals surface area contributed by atoms with Gasteiger partial charge in [-0.1, -0.05) is 15.9 Å². The molecule has 17 heavy (non-hydrogen) atoms. The second-order valence-corrected chi connectivity index (χ2v) is 5.15. The summed E-state index contributed by atoms with van der Waals surface area (Å²) in [6.07, 6.45) is 3.01. The zero-order chi connectivity index (χ0) is 12.1. The maximum Gasteiger partial charge on any atom is 0.119 e. The molecule has 1 aliphatic carbocycles. The van der Waals surface area contributed by atoms with Crippen molar-refractivity contribution < 1.29 is 9.13 Å². The third-order valence-corrected chi connectivity index (χ3v) is 3.50. The SMILES string of the molecule is FCCCOc1ccc(Br)c(CNC2CC2)c1. The van der Waals surface area contributed by atoms with Crippen molar-refractivity contribution in [3.05, 3.63) is 28.2 Å². The first-order chi connectivity index (χ1) is 8.29. The number of halogens is 2. The van der Waals surface area contributed by atoms with E-state index in [4.69, 9.17) is 4.74 Å². The molecule has 2 nitrogen and oxygen atoms in total. The van der Waals surface area contributed by atoms with Crippen LogP contribution in [-0.2, 0) is 6.54 Å². The van der Waals surface area contributed by atoms with Gasteiger partial charge in [0.1, 0.15) is 5.75 Å². The van der Waals surface area contributed by atoms with E-state index in [9.17, 15) is 4.39 Å². The third-order valence-electron chi connectivity index (χ3n) is 2.72. The van der Waals surface area contributed by atoms with E-state index in [1.807, 2.05) is 18.2 Å². The van der Waals surface area contributed by atoms with Crippen molar-refractivity contribution in [1.82, 2.24) is 5.32 Å². The molecule has 0 amide bonds. The first kappa shape index (κ1) is 12.8. The Labute approximate surface area is 110 Å². The average molecular weight is 302 g/mol. The van der Waals surface area contributed by atoms with Crippen LogP contribution in [0.15, 0.2) is 22.7 Å². The normalized spacial score (nSPS) is 14.9. The Morgan fingerprint density at radius 1 is 1.41 bits per heavy atom. The van der Waals surface area contributed by atoms with Gasteiger partial charge in [-0.3, -0.25) is 4.39 Å². The van der Waals surface area contributed by atoms with Gasteiger partial charge in [0.05, 0.1) is 13.3 Å². The van der Waals surface area contributed by atoms with Crippen LogP contribution in [0.2, 0.25) is 0 Å². The predicted molar refractivity (Wildman–Crippen MR) is 70.1 cm³/mol. The van der Waals surface area contributed by atoms with Gasteiger partial charge in [-0.2, -0.15) is 0 Å². The number of hydrogen-bond acceptors (Lipinski definition) is 2. The van der Waals surface area contributed by atoms with E-state index < -0.39 is 0 Å². The molecule has 94 valence electrons. The van der Waals surface area contributed by atoms with Crippen LogP contribution >= 0.6 is 15.9 Å². The predicted octanol–water partition coefficient (Wildman–Crippen LogP) is 3.44. The van der Waals surface area contributed by atoms with Gasteiger partial charge < -0.3 is 10.1 Å². The molecule has 0 aromatic heterocycles. The summed E-state index contributed by atoms with van der Waals surface area (Å²) in [6.45, 7) is 0.964. The van der Waals surface area contributed by atoms with Crippen molar-refractivity contribution in [2.24, 2.45) is 0 Å². The molecule has 2 rings (SSSR count). The van der Waals surface area contributed by atoms with Crippen LogP contribution in [0.5, 0.6) is 5.75 Å². The van der Waals surface area contributed by atoms with E-state index in [0.29, 0.717) is 19.1 Å². The molecular weight excluding hydrogens is 285 g/mol. The van der Waals surface area contributed by atoms with Crippen LogP contribution in [0.4, 0.5) is 4.39 Å². The molecule has 1 aromatic rings. The molecule has 1 aliphatic rings. The molecular formula is C13H17BrFNO. The van der Waals surface area contributed by atoms with Crippen molar-refractivity contribution in [3.8, 4) is 5.75 Å². The largest absolute Gasteiger partial charge is 0.493 e. The van der Waals surface area contributed by atoms with Gasteiger partial charge in [0.25, 0.3) is 0 Å². The number of alkyl halides is 1. The van der Waals surface area contributed by atoms with Crippen LogP contribution in [-0.4, -0.2) is 19.3 Å². The molecule has 1 N–H and O–H groups in total. The lowest BCUT2D eigenvalue weighted by Crippen LogP contribution is -2.15. The van der Waals surface area contributed by atoms with Crippen LogP contribution in [0.1, 0.15) is 24.8 Å². The summed E-state index contributed by atoms with van der Waals surface area (Å²) in [5, 5.41) is 3.46. The highest BCUT2D eigenvalue weighted by atomic mass is 79.9. The summed E-state index contributed by atoms with van der Waals surface area (Å²) in [6, 6.07) is 6.59. The summed E-state index contributed by atoms with van der Waals surface area (Å²) < 4.78 is 18.5. The van der Waals surface area contributed by atoms with Crippen molar-refractivity contribution in [2.45, 2.75) is 31.8 Å². The fraction of sp³-hybridized carbons (Fsp3) is 0.538. The molecule has 0 spiro atoms. The first-order valence-corrected chi connectivity index (χ1v) is 6.79. The number of hydrogen-bond donors (Lipinski definition) is 1.